The van der Waals surface area contributed by atoms with Crippen molar-refractivity contribution in [1.82, 2.24) is 0 Å². The number of rotatable bonds is 0. The largest absolute Gasteiger partial charge is 4.00 e. The fourth-order valence-electron chi connectivity index (χ4n) is 2.16. The van der Waals surface area contributed by atoms with Crippen molar-refractivity contribution in [3.05, 3.63) is 45.1 Å². The molecule has 0 aromatic heterocycles. The fourth-order valence-corrected chi connectivity index (χ4v) is 2.16. The van der Waals surface area contributed by atoms with Crippen molar-refractivity contribution in [1.29, 1.82) is 0 Å². The molecule has 0 saturated heterocycles. The third-order valence-corrected chi connectivity index (χ3v) is 3.03. The van der Waals surface area contributed by atoms with Gasteiger partial charge in [-0.15, -0.1) is 0 Å². The molecule has 84 valence electrons. The Morgan fingerprint density at radius 1 is 1.07 bits per heavy atom. The Hall–Kier alpha value is 0.194. The number of hydrogen-bond donors (Lipinski definition) is 0. The molecule has 0 radical (unpaired) electrons. The Kier molecular flexibility index (Phi) is 11.5. The summed E-state index contributed by atoms with van der Waals surface area (Å²) >= 11 is 0. The predicted octanol–water partition coefficient (Wildman–Crippen LogP) is 4.60. The molecule has 0 fully saturated rings. The van der Waals surface area contributed by atoms with E-state index in [0.29, 0.717) is 5.92 Å². The van der Waals surface area contributed by atoms with Gasteiger partial charge < -0.3 is 22.3 Å². The Balaban J connectivity index is -0.000000360. The standard InChI is InChI=1S/C11H15.3CH3.Ti/c1-8-7-10-5-3-4-6-11(10)9(8)2;;;;/h9H,3-6H2,1-2H3;3*1H3;/q4*-1;+4. The average molecular weight is 240 g/mol. The van der Waals surface area contributed by atoms with Crippen LogP contribution in [0.25, 0.3) is 0 Å². The topological polar surface area (TPSA) is 0 Å². The molecular weight excluding hydrogens is 216 g/mol. The van der Waals surface area contributed by atoms with Crippen LogP contribution in [0, 0.1) is 34.3 Å². The summed E-state index contributed by atoms with van der Waals surface area (Å²) in [4.78, 5) is 0. The van der Waals surface area contributed by atoms with Crippen molar-refractivity contribution in [3.63, 3.8) is 0 Å². The van der Waals surface area contributed by atoms with Crippen molar-refractivity contribution in [2.45, 2.75) is 39.5 Å². The van der Waals surface area contributed by atoms with Crippen LogP contribution in [-0.2, 0) is 21.7 Å². The molecule has 0 aromatic carbocycles. The van der Waals surface area contributed by atoms with E-state index in [1.54, 1.807) is 11.1 Å². The van der Waals surface area contributed by atoms with E-state index >= 15 is 0 Å². The van der Waals surface area contributed by atoms with Crippen LogP contribution in [0.15, 0.2) is 16.7 Å². The van der Waals surface area contributed by atoms with Gasteiger partial charge in [-0.05, 0) is 0 Å². The van der Waals surface area contributed by atoms with Crippen molar-refractivity contribution in [3.8, 4) is 0 Å². The van der Waals surface area contributed by atoms with Crippen LogP contribution < -0.4 is 0 Å². The van der Waals surface area contributed by atoms with E-state index in [4.69, 9.17) is 0 Å². The zero-order valence-electron chi connectivity index (χ0n) is 10.9. The Labute approximate surface area is 112 Å². The van der Waals surface area contributed by atoms with E-state index < -0.39 is 0 Å². The summed E-state index contributed by atoms with van der Waals surface area (Å²) < 4.78 is 0. The number of hydrogen-bond acceptors (Lipinski definition) is 0. The molecule has 0 N–H and O–H groups in total. The minimum absolute atomic E-state index is 0. The van der Waals surface area contributed by atoms with E-state index in [1.807, 2.05) is 0 Å². The zero-order chi connectivity index (χ0) is 7.84. The van der Waals surface area contributed by atoms with Crippen molar-refractivity contribution < 1.29 is 21.7 Å². The molecule has 1 unspecified atom stereocenters. The molecule has 0 spiro atoms. The van der Waals surface area contributed by atoms with Crippen LogP contribution in [0.3, 0.4) is 0 Å². The molecule has 2 aliphatic rings. The van der Waals surface area contributed by atoms with Gasteiger partial charge in [0.05, 0.1) is 0 Å². The summed E-state index contributed by atoms with van der Waals surface area (Å²) in [5, 5.41) is 0. The van der Waals surface area contributed by atoms with Gasteiger partial charge >= 0.3 is 21.7 Å². The van der Waals surface area contributed by atoms with Gasteiger partial charge in [0.1, 0.15) is 0 Å². The molecule has 0 bridgehead atoms. The van der Waals surface area contributed by atoms with E-state index in [2.05, 4.69) is 19.9 Å². The molecule has 15 heavy (non-hydrogen) atoms. The molecule has 1 atom stereocenters. The van der Waals surface area contributed by atoms with E-state index in [9.17, 15) is 0 Å². The monoisotopic (exact) mass is 240 g/mol. The molecule has 2 aliphatic carbocycles. The summed E-state index contributed by atoms with van der Waals surface area (Å²) in [7, 11) is 0. The van der Waals surface area contributed by atoms with E-state index in [-0.39, 0.29) is 44.0 Å². The molecule has 0 heterocycles. The van der Waals surface area contributed by atoms with Crippen LogP contribution >= 0.6 is 0 Å². The quantitative estimate of drug-likeness (QED) is 0.428. The average Bonchev–Trinajstić information content (AvgIpc) is 2.30. The van der Waals surface area contributed by atoms with Crippen LogP contribution in [0.5, 0.6) is 0 Å². The second kappa shape index (κ2) is 8.36. The van der Waals surface area contributed by atoms with Gasteiger partial charge in [-0.25, -0.2) is 17.2 Å². The molecule has 0 aliphatic heterocycles. The second-order valence-electron chi connectivity index (χ2n) is 3.74. The van der Waals surface area contributed by atoms with Gasteiger partial charge in [0.15, 0.2) is 0 Å². The van der Waals surface area contributed by atoms with E-state index in [0.717, 1.165) is 0 Å². The minimum atomic E-state index is 0. The third-order valence-electron chi connectivity index (χ3n) is 3.03. The maximum absolute atomic E-state index is 3.50. The minimum Gasteiger partial charge on any atom is -0.358 e. The first-order chi connectivity index (χ1) is 5.29. The summed E-state index contributed by atoms with van der Waals surface area (Å²) in [6, 6.07) is 0. The third kappa shape index (κ3) is 3.92. The smallest absolute Gasteiger partial charge is 0.358 e. The fraction of sp³-hybridized carbons (Fsp3) is 0.500. The maximum Gasteiger partial charge on any atom is 4.00 e. The van der Waals surface area contributed by atoms with Crippen LogP contribution in [0.4, 0.5) is 0 Å². The van der Waals surface area contributed by atoms with Crippen LogP contribution in [0.2, 0.25) is 0 Å². The van der Waals surface area contributed by atoms with Gasteiger partial charge in [-0.3, -0.25) is 0 Å². The zero-order valence-corrected chi connectivity index (χ0v) is 12.5. The molecule has 1 heteroatoms. The summed E-state index contributed by atoms with van der Waals surface area (Å²) in [6.45, 7) is 4.53. The molecule has 0 saturated carbocycles. The van der Waals surface area contributed by atoms with E-state index in [1.165, 1.54) is 31.3 Å². The van der Waals surface area contributed by atoms with Gasteiger partial charge in [0.2, 0.25) is 0 Å². The van der Waals surface area contributed by atoms with Crippen LogP contribution in [0.1, 0.15) is 39.5 Å². The van der Waals surface area contributed by atoms with Crippen molar-refractivity contribution in [2.24, 2.45) is 5.92 Å². The molecule has 0 amide bonds. The van der Waals surface area contributed by atoms with Gasteiger partial charge in [0.25, 0.3) is 0 Å². The summed E-state index contributed by atoms with van der Waals surface area (Å²) in [6.07, 6.45) is 8.91. The number of allylic oxidation sites excluding steroid dienone is 4. The summed E-state index contributed by atoms with van der Waals surface area (Å²) in [5.74, 6) is 0.713. The Morgan fingerprint density at radius 3 is 2.13 bits per heavy atom. The summed E-state index contributed by atoms with van der Waals surface area (Å²) in [5.41, 5.74) is 4.69. The van der Waals surface area contributed by atoms with Gasteiger partial charge in [-0.1, -0.05) is 45.4 Å². The Morgan fingerprint density at radius 2 is 1.60 bits per heavy atom. The molecule has 0 nitrogen and oxygen atoms in total. The predicted molar refractivity (Wildman–Crippen MR) is 66.3 cm³/mol. The second-order valence-corrected chi connectivity index (χ2v) is 3.74. The molecular formula is C14H24Ti. The normalized spacial score (nSPS) is 22.3. The van der Waals surface area contributed by atoms with Gasteiger partial charge in [0, 0.05) is 0 Å². The first kappa shape index (κ1) is 20.6. The van der Waals surface area contributed by atoms with Gasteiger partial charge in [-0.2, -0.15) is 5.57 Å². The SMILES string of the molecule is CC1=[C-]C2=C(CCCC2)C1C.[CH3-].[CH3-].[CH3-].[Ti+4]. The van der Waals surface area contributed by atoms with Crippen molar-refractivity contribution in [2.75, 3.05) is 0 Å². The maximum atomic E-state index is 3.50. The first-order valence-corrected chi connectivity index (χ1v) is 4.61. The first-order valence-electron chi connectivity index (χ1n) is 4.61. The molecule has 0 aromatic rings. The Bertz CT molecular complexity index is 236. The van der Waals surface area contributed by atoms with Crippen LogP contribution in [-0.4, -0.2) is 0 Å². The van der Waals surface area contributed by atoms with Crippen molar-refractivity contribution >= 4 is 0 Å². The molecule has 2 rings (SSSR count).